The summed E-state index contributed by atoms with van der Waals surface area (Å²) in [4.78, 5) is 11.9. The number of rotatable bonds is 6. The second-order valence-electron chi connectivity index (χ2n) is 4.91. The SMILES string of the molecule is O=C(NCC(O)CO)C1=CCN(Nc2ccc(I)cc2F)C=C1. The number of amides is 1. The zero-order valence-electron chi connectivity index (χ0n) is 12.2. The molecule has 0 aromatic heterocycles. The van der Waals surface area contributed by atoms with Crippen molar-refractivity contribution in [2.24, 2.45) is 0 Å². The number of carbonyl (C=O) groups is 1. The fourth-order valence-corrected chi connectivity index (χ4v) is 2.31. The lowest BCUT2D eigenvalue weighted by molar-refractivity contribution is -0.117. The lowest BCUT2D eigenvalue weighted by atomic mass is 10.2. The number of aliphatic hydroxyl groups excluding tert-OH is 2. The second-order valence-corrected chi connectivity index (χ2v) is 6.16. The number of hydrogen-bond acceptors (Lipinski definition) is 5. The first-order valence-electron chi connectivity index (χ1n) is 6.93. The predicted octanol–water partition coefficient (Wildman–Crippen LogP) is 0.982. The van der Waals surface area contributed by atoms with Crippen LogP contribution in [0.15, 0.2) is 42.1 Å². The fourth-order valence-electron chi connectivity index (χ4n) is 1.86. The Hall–Kier alpha value is -1.65. The second kappa shape index (κ2) is 8.27. The molecule has 1 aromatic rings. The average Bonchev–Trinajstić information content (AvgIpc) is 2.55. The van der Waals surface area contributed by atoms with Gasteiger partial charge >= 0.3 is 0 Å². The molecule has 1 heterocycles. The van der Waals surface area contributed by atoms with E-state index in [1.54, 1.807) is 35.5 Å². The molecule has 0 spiro atoms. The zero-order valence-corrected chi connectivity index (χ0v) is 14.3. The van der Waals surface area contributed by atoms with Gasteiger partial charge in [-0.15, -0.1) is 0 Å². The van der Waals surface area contributed by atoms with E-state index in [0.29, 0.717) is 17.8 Å². The van der Waals surface area contributed by atoms with Crippen LogP contribution in [0.2, 0.25) is 0 Å². The Kier molecular flexibility index (Phi) is 6.37. The third-order valence-corrected chi connectivity index (χ3v) is 3.78. The molecule has 0 saturated carbocycles. The van der Waals surface area contributed by atoms with Crippen molar-refractivity contribution in [1.82, 2.24) is 10.3 Å². The maximum absolute atomic E-state index is 13.8. The van der Waals surface area contributed by atoms with Gasteiger partial charge in [-0.05, 0) is 46.9 Å². The Morgan fingerprint density at radius 3 is 2.87 bits per heavy atom. The molecule has 0 radical (unpaired) electrons. The molecule has 1 aliphatic heterocycles. The number of hydrogen-bond donors (Lipinski definition) is 4. The standard InChI is InChI=1S/C15H17FIN3O3/c16-13-7-11(17)1-2-14(13)19-20-5-3-10(4-6-20)15(23)18-8-12(22)9-21/h1-5,7,12,19,21-22H,6,8-9H2,(H,18,23). The van der Waals surface area contributed by atoms with Gasteiger partial charge in [-0.2, -0.15) is 0 Å². The van der Waals surface area contributed by atoms with Gasteiger partial charge in [-0.3, -0.25) is 15.2 Å². The molecule has 124 valence electrons. The van der Waals surface area contributed by atoms with E-state index in [-0.39, 0.29) is 18.3 Å². The third kappa shape index (κ3) is 5.19. The normalized spacial score (nSPS) is 15.1. The number of anilines is 1. The topological polar surface area (TPSA) is 84.8 Å². The van der Waals surface area contributed by atoms with Crippen LogP contribution in [0.1, 0.15) is 0 Å². The molecule has 4 N–H and O–H groups in total. The molecule has 0 saturated heterocycles. The van der Waals surface area contributed by atoms with Crippen LogP contribution in [0.4, 0.5) is 10.1 Å². The van der Waals surface area contributed by atoms with Crippen molar-refractivity contribution in [1.29, 1.82) is 0 Å². The minimum Gasteiger partial charge on any atom is -0.394 e. The van der Waals surface area contributed by atoms with Gasteiger partial charge in [0.2, 0.25) is 0 Å². The molecule has 1 unspecified atom stereocenters. The molecule has 8 heteroatoms. The van der Waals surface area contributed by atoms with Crippen LogP contribution < -0.4 is 10.7 Å². The number of hydrazine groups is 1. The lowest BCUT2D eigenvalue weighted by Gasteiger charge is -2.24. The van der Waals surface area contributed by atoms with Crippen LogP contribution >= 0.6 is 22.6 Å². The Labute approximate surface area is 146 Å². The molecule has 6 nitrogen and oxygen atoms in total. The van der Waals surface area contributed by atoms with Gasteiger partial charge < -0.3 is 15.5 Å². The summed E-state index contributed by atoms with van der Waals surface area (Å²) in [5.41, 5.74) is 3.70. The van der Waals surface area contributed by atoms with Crippen LogP contribution in [0, 0.1) is 9.39 Å². The minimum atomic E-state index is -0.978. The number of benzene rings is 1. The summed E-state index contributed by atoms with van der Waals surface area (Å²) < 4.78 is 14.6. The average molecular weight is 433 g/mol. The van der Waals surface area contributed by atoms with Crippen LogP contribution in [0.3, 0.4) is 0 Å². The van der Waals surface area contributed by atoms with Crippen LogP contribution in [0.25, 0.3) is 0 Å². The van der Waals surface area contributed by atoms with Crippen molar-refractivity contribution in [3.63, 3.8) is 0 Å². The lowest BCUT2D eigenvalue weighted by Crippen LogP contribution is -2.35. The van der Waals surface area contributed by atoms with Crippen LogP contribution in [-0.4, -0.2) is 46.9 Å². The van der Waals surface area contributed by atoms with Crippen LogP contribution in [-0.2, 0) is 4.79 Å². The first-order chi connectivity index (χ1) is 11.0. The summed E-state index contributed by atoms with van der Waals surface area (Å²) in [5.74, 6) is -0.690. The molecule has 1 aromatic carbocycles. The van der Waals surface area contributed by atoms with Gasteiger partial charge in [0.15, 0.2) is 0 Å². The molecule has 2 rings (SSSR count). The van der Waals surface area contributed by atoms with Crippen LogP contribution in [0.5, 0.6) is 0 Å². The number of halogens is 2. The zero-order chi connectivity index (χ0) is 16.8. The van der Waals surface area contributed by atoms with Gasteiger partial charge in [-0.1, -0.05) is 6.08 Å². The van der Waals surface area contributed by atoms with Gasteiger partial charge in [0, 0.05) is 21.9 Å². The van der Waals surface area contributed by atoms with E-state index in [1.807, 2.05) is 22.6 Å². The molecule has 0 fully saturated rings. The number of carbonyl (C=O) groups excluding carboxylic acids is 1. The Balaban J connectivity index is 1.88. The molecule has 1 aliphatic rings. The summed E-state index contributed by atoms with van der Waals surface area (Å²) in [7, 11) is 0. The highest BCUT2D eigenvalue weighted by molar-refractivity contribution is 14.1. The first kappa shape index (κ1) is 17.7. The van der Waals surface area contributed by atoms with Crippen molar-refractivity contribution in [2.45, 2.75) is 6.10 Å². The smallest absolute Gasteiger partial charge is 0.251 e. The van der Waals surface area contributed by atoms with E-state index in [4.69, 9.17) is 5.11 Å². The summed E-state index contributed by atoms with van der Waals surface area (Å²) >= 11 is 2.03. The molecule has 0 aliphatic carbocycles. The molecular weight excluding hydrogens is 416 g/mol. The minimum absolute atomic E-state index is 0.0175. The molecule has 1 amide bonds. The highest BCUT2D eigenvalue weighted by Crippen LogP contribution is 2.18. The monoisotopic (exact) mass is 433 g/mol. The van der Waals surface area contributed by atoms with E-state index in [1.165, 1.54) is 6.07 Å². The number of aliphatic hydroxyl groups is 2. The van der Waals surface area contributed by atoms with E-state index in [2.05, 4.69) is 10.7 Å². The highest BCUT2D eigenvalue weighted by Gasteiger charge is 2.13. The molecule has 0 bridgehead atoms. The van der Waals surface area contributed by atoms with E-state index in [9.17, 15) is 14.3 Å². The number of nitrogens with one attached hydrogen (secondary N) is 2. The van der Waals surface area contributed by atoms with Crippen molar-refractivity contribution in [3.05, 3.63) is 51.5 Å². The molecule has 23 heavy (non-hydrogen) atoms. The van der Waals surface area contributed by atoms with Crippen molar-refractivity contribution < 1.29 is 19.4 Å². The maximum atomic E-state index is 13.8. The maximum Gasteiger partial charge on any atom is 0.251 e. The van der Waals surface area contributed by atoms with Gasteiger partial charge in [0.1, 0.15) is 5.82 Å². The largest absolute Gasteiger partial charge is 0.394 e. The Morgan fingerprint density at radius 1 is 1.48 bits per heavy atom. The van der Waals surface area contributed by atoms with Gasteiger partial charge in [0.05, 0.1) is 24.9 Å². The van der Waals surface area contributed by atoms with E-state index in [0.717, 1.165) is 3.57 Å². The quantitative estimate of drug-likeness (QED) is 0.503. The van der Waals surface area contributed by atoms with Crippen molar-refractivity contribution in [2.75, 3.05) is 25.1 Å². The summed E-state index contributed by atoms with van der Waals surface area (Å²) in [6, 6.07) is 4.87. The van der Waals surface area contributed by atoms with Crippen molar-refractivity contribution >= 4 is 34.2 Å². The Morgan fingerprint density at radius 2 is 2.26 bits per heavy atom. The molecular formula is C15H17FIN3O3. The summed E-state index contributed by atoms with van der Waals surface area (Å²) in [6.45, 7) is -0.0436. The van der Waals surface area contributed by atoms with E-state index < -0.39 is 12.7 Å². The third-order valence-electron chi connectivity index (χ3n) is 3.11. The summed E-state index contributed by atoms with van der Waals surface area (Å²) in [5, 5.41) is 22.1. The first-order valence-corrected chi connectivity index (χ1v) is 8.01. The fraction of sp³-hybridized carbons (Fsp3) is 0.267. The predicted molar refractivity (Wildman–Crippen MR) is 92.8 cm³/mol. The Bertz CT molecular complexity index is 636. The summed E-state index contributed by atoms with van der Waals surface area (Å²) in [6.07, 6.45) is 3.92. The van der Waals surface area contributed by atoms with Gasteiger partial charge in [0.25, 0.3) is 5.91 Å². The highest BCUT2D eigenvalue weighted by atomic mass is 127. The van der Waals surface area contributed by atoms with Gasteiger partial charge in [-0.25, -0.2) is 4.39 Å². The van der Waals surface area contributed by atoms with Crippen molar-refractivity contribution in [3.8, 4) is 0 Å². The molecule has 1 atom stereocenters. The number of nitrogens with zero attached hydrogens (tertiary/aromatic N) is 1. The van der Waals surface area contributed by atoms with E-state index >= 15 is 0 Å².